The van der Waals surface area contributed by atoms with Crippen LogP contribution in [-0.4, -0.2) is 35.3 Å². The van der Waals surface area contributed by atoms with Gasteiger partial charge in [-0.1, -0.05) is 0 Å². The van der Waals surface area contributed by atoms with E-state index in [4.69, 9.17) is 11.6 Å². The van der Waals surface area contributed by atoms with Crippen molar-refractivity contribution >= 4 is 17.6 Å². The minimum atomic E-state index is -1.54. The zero-order chi connectivity index (χ0) is 13.9. The van der Waals surface area contributed by atoms with E-state index in [1.807, 2.05) is 0 Å². The number of hydrogen-bond acceptors (Lipinski definition) is 4. The highest BCUT2D eigenvalue weighted by Crippen LogP contribution is 2.23. The molecule has 7 heteroatoms. The maximum atomic E-state index is 13.5. The summed E-state index contributed by atoms with van der Waals surface area (Å²) < 4.78 is 31.2. The summed E-state index contributed by atoms with van der Waals surface area (Å²) in [4.78, 5) is 11.1. The van der Waals surface area contributed by atoms with E-state index in [1.165, 1.54) is 0 Å². The topological polar surface area (TPSA) is 66.8 Å². The molecule has 0 fully saturated rings. The van der Waals surface area contributed by atoms with Crippen LogP contribution in [0.25, 0.3) is 0 Å². The smallest absolute Gasteiger partial charge is 0.343 e. The van der Waals surface area contributed by atoms with E-state index < -0.39 is 35.4 Å². The molecule has 2 unspecified atom stereocenters. The number of aliphatic hydroxyl groups is 2. The zero-order valence-electron chi connectivity index (χ0n) is 9.36. The predicted octanol–water partition coefficient (Wildman–Crippen LogP) is 1.38. The Kier molecular flexibility index (Phi) is 5.01. The van der Waals surface area contributed by atoms with Gasteiger partial charge in [-0.15, -0.1) is 11.6 Å². The summed E-state index contributed by atoms with van der Waals surface area (Å²) in [5.74, 6) is -3.83. The van der Waals surface area contributed by atoms with E-state index in [9.17, 15) is 23.8 Å². The molecule has 0 aliphatic heterocycles. The Morgan fingerprint density at radius 1 is 1.39 bits per heavy atom. The number of aliphatic hydroxyl groups excluding tert-OH is 2. The summed E-state index contributed by atoms with van der Waals surface area (Å²) in [6.45, 7) is 0. The first-order chi connectivity index (χ1) is 8.42. The Hall–Kier alpha value is -1.24. The van der Waals surface area contributed by atoms with Gasteiger partial charge in [-0.3, -0.25) is 0 Å². The fourth-order valence-electron chi connectivity index (χ4n) is 1.37. The van der Waals surface area contributed by atoms with Crippen molar-refractivity contribution < 1.29 is 28.5 Å². The lowest BCUT2D eigenvalue weighted by Crippen LogP contribution is -2.20. The van der Waals surface area contributed by atoms with Crippen LogP contribution in [0, 0.1) is 11.6 Å². The molecule has 1 aromatic carbocycles. The van der Waals surface area contributed by atoms with E-state index in [1.54, 1.807) is 0 Å². The number of benzene rings is 1. The molecule has 0 aliphatic rings. The molecule has 4 nitrogen and oxygen atoms in total. The third-order valence-electron chi connectivity index (χ3n) is 2.32. The summed E-state index contributed by atoms with van der Waals surface area (Å²) >= 11 is 5.31. The molecule has 0 saturated heterocycles. The number of rotatable bonds is 4. The van der Waals surface area contributed by atoms with E-state index in [0.29, 0.717) is 0 Å². The van der Waals surface area contributed by atoms with Crippen LogP contribution in [0.15, 0.2) is 12.1 Å². The lowest BCUT2D eigenvalue weighted by molar-refractivity contribution is 0.0322. The van der Waals surface area contributed by atoms with Gasteiger partial charge in [0.15, 0.2) is 0 Å². The SMILES string of the molecule is COC(=O)c1c(F)cc(C(O)C(O)CCl)cc1F. The van der Waals surface area contributed by atoms with Crippen LogP contribution in [0.1, 0.15) is 22.0 Å². The van der Waals surface area contributed by atoms with Crippen molar-refractivity contribution in [1.29, 1.82) is 0 Å². The number of halogens is 3. The van der Waals surface area contributed by atoms with Crippen LogP contribution in [-0.2, 0) is 4.74 Å². The highest BCUT2D eigenvalue weighted by atomic mass is 35.5. The molecule has 0 amide bonds. The van der Waals surface area contributed by atoms with Gasteiger partial charge in [-0.2, -0.15) is 0 Å². The lowest BCUT2D eigenvalue weighted by Gasteiger charge is -2.16. The summed E-state index contributed by atoms with van der Waals surface area (Å²) in [6, 6.07) is 1.49. The van der Waals surface area contributed by atoms with Crippen molar-refractivity contribution in [1.82, 2.24) is 0 Å². The van der Waals surface area contributed by atoms with Gasteiger partial charge in [0.05, 0.1) is 19.1 Å². The molecular formula is C11H11ClF2O4. The number of esters is 1. The van der Waals surface area contributed by atoms with E-state index >= 15 is 0 Å². The minimum absolute atomic E-state index is 0.217. The van der Waals surface area contributed by atoms with Crippen LogP contribution >= 0.6 is 11.6 Å². The van der Waals surface area contributed by atoms with E-state index in [2.05, 4.69) is 4.74 Å². The lowest BCUT2D eigenvalue weighted by atomic mass is 10.0. The largest absolute Gasteiger partial charge is 0.465 e. The monoisotopic (exact) mass is 280 g/mol. The first-order valence-corrected chi connectivity index (χ1v) is 5.45. The van der Waals surface area contributed by atoms with Gasteiger partial charge in [0.2, 0.25) is 0 Å². The molecule has 0 radical (unpaired) electrons. The second kappa shape index (κ2) is 6.08. The minimum Gasteiger partial charge on any atom is -0.465 e. The maximum Gasteiger partial charge on any atom is 0.343 e. The predicted molar refractivity (Wildman–Crippen MR) is 59.4 cm³/mol. The molecule has 1 aromatic rings. The third kappa shape index (κ3) is 2.95. The standard InChI is InChI=1S/C11H11ClF2O4/c1-18-11(17)9-6(13)2-5(3-7(9)14)10(16)8(15)4-12/h2-3,8,10,15-16H,4H2,1H3. The number of ether oxygens (including phenoxy) is 1. The molecule has 0 bridgehead atoms. The van der Waals surface area contributed by atoms with E-state index in [0.717, 1.165) is 19.2 Å². The first-order valence-electron chi connectivity index (χ1n) is 4.91. The average molecular weight is 281 g/mol. The number of hydrogen-bond donors (Lipinski definition) is 2. The van der Waals surface area contributed by atoms with Crippen molar-refractivity contribution in [2.24, 2.45) is 0 Å². The highest BCUT2D eigenvalue weighted by Gasteiger charge is 2.24. The molecule has 2 N–H and O–H groups in total. The van der Waals surface area contributed by atoms with Gasteiger partial charge < -0.3 is 14.9 Å². The first kappa shape index (κ1) is 14.8. The number of alkyl halides is 1. The van der Waals surface area contributed by atoms with Gasteiger partial charge in [-0.05, 0) is 17.7 Å². The van der Waals surface area contributed by atoms with Crippen molar-refractivity contribution in [3.63, 3.8) is 0 Å². The molecule has 2 atom stereocenters. The van der Waals surface area contributed by atoms with Crippen LogP contribution in [0.4, 0.5) is 8.78 Å². The molecule has 0 heterocycles. The van der Waals surface area contributed by atoms with Crippen LogP contribution in [0.2, 0.25) is 0 Å². The van der Waals surface area contributed by atoms with Gasteiger partial charge >= 0.3 is 5.97 Å². The normalized spacial score (nSPS) is 14.1. The molecule has 1 rings (SSSR count). The van der Waals surface area contributed by atoms with Gasteiger partial charge in [-0.25, -0.2) is 13.6 Å². The Labute approximate surface area is 107 Å². The average Bonchev–Trinajstić information content (AvgIpc) is 2.35. The van der Waals surface area contributed by atoms with Gasteiger partial charge in [0.25, 0.3) is 0 Å². The molecular weight excluding hydrogens is 270 g/mol. The second-order valence-corrected chi connectivity index (χ2v) is 3.83. The Bertz CT molecular complexity index is 430. The summed E-state index contributed by atoms with van der Waals surface area (Å²) in [5.41, 5.74) is -1.07. The van der Waals surface area contributed by atoms with Crippen molar-refractivity contribution in [3.8, 4) is 0 Å². The van der Waals surface area contributed by atoms with Crippen LogP contribution in [0.5, 0.6) is 0 Å². The van der Waals surface area contributed by atoms with E-state index in [-0.39, 0.29) is 11.4 Å². The summed E-state index contributed by atoms with van der Waals surface area (Å²) in [7, 11) is 0.987. The molecule has 0 spiro atoms. The van der Waals surface area contributed by atoms with Crippen LogP contribution < -0.4 is 0 Å². The molecule has 100 valence electrons. The highest BCUT2D eigenvalue weighted by molar-refractivity contribution is 6.18. The molecule has 0 aliphatic carbocycles. The van der Waals surface area contributed by atoms with Gasteiger partial charge in [0.1, 0.15) is 23.3 Å². The van der Waals surface area contributed by atoms with Crippen molar-refractivity contribution in [2.45, 2.75) is 12.2 Å². The fraction of sp³-hybridized carbons (Fsp3) is 0.364. The molecule has 0 aromatic heterocycles. The third-order valence-corrected chi connectivity index (χ3v) is 2.63. The molecule has 0 saturated carbocycles. The van der Waals surface area contributed by atoms with Crippen molar-refractivity contribution in [2.75, 3.05) is 13.0 Å². The summed E-state index contributed by atoms with van der Waals surface area (Å²) in [6.07, 6.45) is -2.91. The van der Waals surface area contributed by atoms with Crippen LogP contribution in [0.3, 0.4) is 0 Å². The van der Waals surface area contributed by atoms with Crippen molar-refractivity contribution in [3.05, 3.63) is 34.9 Å². The van der Waals surface area contributed by atoms with Gasteiger partial charge in [0, 0.05) is 0 Å². The zero-order valence-corrected chi connectivity index (χ0v) is 10.1. The fourth-order valence-corrected chi connectivity index (χ4v) is 1.54. The Balaban J connectivity index is 3.18. The Morgan fingerprint density at radius 2 is 1.89 bits per heavy atom. The quantitative estimate of drug-likeness (QED) is 0.646. The second-order valence-electron chi connectivity index (χ2n) is 3.52. The number of carbonyl (C=O) groups excluding carboxylic acids is 1. The number of methoxy groups -OCH3 is 1. The summed E-state index contributed by atoms with van der Waals surface area (Å²) in [5, 5.41) is 18.8. The Morgan fingerprint density at radius 3 is 2.28 bits per heavy atom. The molecule has 18 heavy (non-hydrogen) atoms. The maximum absolute atomic E-state index is 13.5. The number of carbonyl (C=O) groups is 1.